The van der Waals surface area contributed by atoms with Crippen LogP contribution in [0.4, 0.5) is 23.3 Å². The maximum absolute atomic E-state index is 13.6. The van der Waals surface area contributed by atoms with Crippen molar-refractivity contribution in [1.82, 2.24) is 23.6 Å². The van der Waals surface area contributed by atoms with Crippen molar-refractivity contribution < 1.29 is 36.0 Å². The van der Waals surface area contributed by atoms with E-state index in [0.717, 1.165) is 8.61 Å². The summed E-state index contributed by atoms with van der Waals surface area (Å²) in [6, 6.07) is 11.2. The first kappa shape index (κ1) is 37.3. The SMILES string of the molecule is NC(=O)C1CC(C(N)=O)CN(S(=O)(=O)c2cccc(Nc3nc(Cl)nc(Nc4cccc(S(=O)(=O)N5CC(C(N)=O)CC(C(N)=O)C5)c4)n3)c2)C1. The lowest BCUT2D eigenvalue weighted by Gasteiger charge is -2.34. The summed E-state index contributed by atoms with van der Waals surface area (Å²) in [4.78, 5) is 59.5. The summed E-state index contributed by atoms with van der Waals surface area (Å²) in [6.07, 6.45) is 0.0875. The zero-order valence-electron chi connectivity index (χ0n) is 26.7. The van der Waals surface area contributed by atoms with Crippen molar-refractivity contribution in [3.63, 3.8) is 0 Å². The number of sulfonamides is 2. The summed E-state index contributed by atoms with van der Waals surface area (Å²) in [5, 5.41) is 5.43. The number of carbonyl (C=O) groups is 4. The molecule has 19 nitrogen and oxygen atoms in total. The van der Waals surface area contributed by atoms with Crippen molar-refractivity contribution in [3.8, 4) is 0 Å². The van der Waals surface area contributed by atoms with Crippen LogP contribution in [0.1, 0.15) is 12.8 Å². The number of primary amides is 4. The molecular weight excluding hydrogens is 730 g/mol. The molecule has 51 heavy (non-hydrogen) atoms. The fraction of sp³-hybridized carbons (Fsp3) is 0.345. The molecule has 5 rings (SSSR count). The summed E-state index contributed by atoms with van der Waals surface area (Å²) in [5.41, 5.74) is 22.1. The third kappa shape index (κ3) is 8.51. The van der Waals surface area contributed by atoms with E-state index in [9.17, 15) is 36.0 Å². The Bertz CT molecular complexity index is 1920. The lowest BCUT2D eigenvalue weighted by molar-refractivity contribution is -0.128. The minimum absolute atomic E-state index is 0.0437. The number of aromatic nitrogens is 3. The maximum Gasteiger partial charge on any atom is 0.243 e. The molecule has 2 saturated heterocycles. The van der Waals surface area contributed by atoms with Crippen LogP contribution in [0.2, 0.25) is 5.28 Å². The molecule has 3 heterocycles. The summed E-state index contributed by atoms with van der Waals surface area (Å²) >= 11 is 6.15. The van der Waals surface area contributed by atoms with E-state index in [2.05, 4.69) is 25.6 Å². The quantitative estimate of drug-likeness (QED) is 0.132. The summed E-state index contributed by atoms with van der Waals surface area (Å²) < 4.78 is 56.2. The van der Waals surface area contributed by atoms with Gasteiger partial charge in [0.05, 0.1) is 33.5 Å². The van der Waals surface area contributed by atoms with Gasteiger partial charge >= 0.3 is 0 Å². The molecule has 2 aromatic carbocycles. The fourth-order valence-corrected chi connectivity index (χ4v) is 9.14. The molecule has 2 fully saturated rings. The van der Waals surface area contributed by atoms with Gasteiger partial charge in [-0.15, -0.1) is 0 Å². The number of anilines is 4. The Hall–Kier alpha value is -4.96. The van der Waals surface area contributed by atoms with E-state index in [1.54, 1.807) is 0 Å². The van der Waals surface area contributed by atoms with Crippen molar-refractivity contribution in [2.45, 2.75) is 22.6 Å². The molecular formula is C29H34ClN11O8S2. The summed E-state index contributed by atoms with van der Waals surface area (Å²) in [5.74, 6) is -6.84. The van der Waals surface area contributed by atoms with Crippen molar-refractivity contribution in [2.75, 3.05) is 36.8 Å². The topological polar surface area (TPSA) is 310 Å². The second-order valence-corrected chi connectivity index (χ2v) is 16.3. The Labute approximate surface area is 297 Å². The maximum atomic E-state index is 13.6. The van der Waals surface area contributed by atoms with Crippen LogP contribution in [0.3, 0.4) is 0 Å². The summed E-state index contributed by atoms with van der Waals surface area (Å²) in [7, 11) is -8.44. The van der Waals surface area contributed by atoms with Crippen LogP contribution in [0.25, 0.3) is 0 Å². The number of nitrogens with one attached hydrogen (secondary N) is 2. The van der Waals surface area contributed by atoms with E-state index < -0.39 is 67.3 Å². The predicted octanol–water partition coefficient (Wildman–Crippen LogP) is -0.793. The molecule has 2 aliphatic rings. The van der Waals surface area contributed by atoms with Gasteiger partial charge in [-0.1, -0.05) is 12.1 Å². The third-order valence-electron chi connectivity index (χ3n) is 8.51. The minimum Gasteiger partial charge on any atom is -0.369 e. The fourth-order valence-electron chi connectivity index (χ4n) is 5.82. The monoisotopic (exact) mass is 763 g/mol. The van der Waals surface area contributed by atoms with Crippen molar-refractivity contribution in [3.05, 3.63) is 53.8 Å². The molecule has 3 aromatic rings. The highest BCUT2D eigenvalue weighted by Crippen LogP contribution is 2.31. The molecule has 10 N–H and O–H groups in total. The van der Waals surface area contributed by atoms with Crippen LogP contribution < -0.4 is 33.6 Å². The normalized spacial score (nSPS) is 21.7. The standard InChI is InChI=1S/C29H34ClN11O8S2/c30-27-37-28(35-19-3-1-5-21(9-19)50(46,47)40-11-15(23(31)42)7-16(12-40)24(32)43)39-29(38-27)36-20-4-2-6-22(10-20)51(48,49)41-13-17(25(33)44)8-18(14-41)26(34)45/h1-6,9-10,15-18H,7-8,11-14H2,(H2,31,42)(H2,32,43)(H2,33,44)(H2,34,45)(H2,35,36,37,38,39). The molecule has 272 valence electrons. The van der Waals surface area contributed by atoms with E-state index in [1.807, 2.05) is 0 Å². The highest BCUT2D eigenvalue weighted by atomic mass is 35.5. The highest BCUT2D eigenvalue weighted by Gasteiger charge is 2.40. The lowest BCUT2D eigenvalue weighted by Crippen LogP contribution is -2.50. The van der Waals surface area contributed by atoms with E-state index in [-0.39, 0.29) is 77.4 Å². The third-order valence-corrected chi connectivity index (χ3v) is 12.3. The van der Waals surface area contributed by atoms with E-state index in [0.29, 0.717) is 0 Å². The summed E-state index contributed by atoms with van der Waals surface area (Å²) in [6.45, 7) is -0.891. The van der Waals surface area contributed by atoms with Crippen LogP contribution in [0.15, 0.2) is 58.3 Å². The zero-order valence-corrected chi connectivity index (χ0v) is 29.1. The molecule has 1 aromatic heterocycles. The second kappa shape index (κ2) is 14.7. The molecule has 0 saturated carbocycles. The van der Waals surface area contributed by atoms with Crippen LogP contribution in [0.5, 0.6) is 0 Å². The number of rotatable bonds is 12. The predicted molar refractivity (Wildman–Crippen MR) is 182 cm³/mol. The van der Waals surface area contributed by atoms with Crippen molar-refractivity contribution in [2.24, 2.45) is 46.6 Å². The average Bonchev–Trinajstić information content (AvgIpc) is 3.07. The number of hydrogen-bond donors (Lipinski definition) is 6. The number of carbonyl (C=O) groups excluding carboxylic acids is 4. The first-order valence-corrected chi connectivity index (χ1v) is 18.5. The van der Waals surface area contributed by atoms with Crippen molar-refractivity contribution in [1.29, 1.82) is 0 Å². The van der Waals surface area contributed by atoms with Gasteiger partial charge in [-0.2, -0.15) is 23.6 Å². The lowest BCUT2D eigenvalue weighted by atomic mass is 9.89. The van der Waals surface area contributed by atoms with E-state index in [1.165, 1.54) is 48.5 Å². The molecule has 22 heteroatoms. The Morgan fingerprint density at radius 3 is 1.25 bits per heavy atom. The number of nitrogens with zero attached hydrogens (tertiary/aromatic N) is 5. The molecule has 2 aliphatic heterocycles. The Morgan fingerprint density at radius 1 is 0.608 bits per heavy atom. The molecule has 0 bridgehead atoms. The number of hydrogen-bond acceptors (Lipinski definition) is 13. The molecule has 0 aliphatic carbocycles. The average molecular weight is 764 g/mol. The smallest absolute Gasteiger partial charge is 0.243 e. The molecule has 0 spiro atoms. The zero-order chi connectivity index (χ0) is 37.2. The van der Waals surface area contributed by atoms with Gasteiger partial charge in [-0.25, -0.2) is 16.8 Å². The number of nitrogens with two attached hydrogens (primary N) is 4. The van der Waals surface area contributed by atoms with Crippen molar-refractivity contribution >= 4 is 78.5 Å². The van der Waals surface area contributed by atoms with E-state index in [4.69, 9.17) is 34.5 Å². The Kier molecular flexibility index (Phi) is 10.8. The van der Waals surface area contributed by atoms with Crippen LogP contribution in [0, 0.1) is 23.7 Å². The van der Waals surface area contributed by atoms with Crippen LogP contribution in [-0.4, -0.2) is 90.2 Å². The Balaban J connectivity index is 1.35. The van der Waals surface area contributed by atoms with Gasteiger partial charge in [0.15, 0.2) is 0 Å². The highest BCUT2D eigenvalue weighted by molar-refractivity contribution is 7.89. The molecule has 4 amide bonds. The Morgan fingerprint density at radius 2 is 0.941 bits per heavy atom. The molecule has 4 atom stereocenters. The van der Waals surface area contributed by atoms with Gasteiger partial charge in [0.2, 0.25) is 60.9 Å². The second-order valence-electron chi connectivity index (χ2n) is 12.1. The van der Waals surface area contributed by atoms with E-state index >= 15 is 0 Å². The van der Waals surface area contributed by atoms with Gasteiger partial charge in [0.25, 0.3) is 0 Å². The number of halogens is 1. The van der Waals surface area contributed by atoms with Gasteiger partial charge in [-0.3, -0.25) is 19.2 Å². The first-order chi connectivity index (χ1) is 23.9. The largest absolute Gasteiger partial charge is 0.369 e. The van der Waals surface area contributed by atoms with Crippen LogP contribution >= 0.6 is 11.6 Å². The van der Waals surface area contributed by atoms with Gasteiger partial charge in [-0.05, 0) is 60.8 Å². The van der Waals surface area contributed by atoms with Gasteiger partial charge in [0.1, 0.15) is 0 Å². The minimum atomic E-state index is -4.22. The van der Waals surface area contributed by atoms with Crippen LogP contribution in [-0.2, 0) is 39.2 Å². The number of amides is 4. The number of piperidine rings is 2. The van der Waals surface area contributed by atoms with Gasteiger partial charge < -0.3 is 33.6 Å². The first-order valence-electron chi connectivity index (χ1n) is 15.3. The molecule has 0 radical (unpaired) electrons. The molecule has 4 unspecified atom stereocenters. The van der Waals surface area contributed by atoms with Gasteiger partial charge in [0, 0.05) is 37.6 Å². The number of benzene rings is 2.